The molecule has 0 unspecified atom stereocenters. The monoisotopic (exact) mass is 397 g/mol. The van der Waals surface area contributed by atoms with Crippen molar-refractivity contribution >= 4 is 5.69 Å². The molecule has 0 aromatic heterocycles. The molecule has 0 amide bonds. The van der Waals surface area contributed by atoms with Crippen LogP contribution in [0.25, 0.3) is 0 Å². The first-order valence-corrected chi connectivity index (χ1v) is 9.75. The maximum atomic E-state index is 13.3. The number of anilines is 1. The highest BCUT2D eigenvalue weighted by molar-refractivity contribution is 5.54. The summed E-state index contributed by atoms with van der Waals surface area (Å²) in [5.41, 5.74) is 2.05. The Morgan fingerprint density at radius 3 is 2.04 bits per heavy atom. The summed E-state index contributed by atoms with van der Waals surface area (Å²) in [6.45, 7) is 13.8. The zero-order valence-corrected chi connectivity index (χ0v) is 18.2. The molecule has 1 saturated carbocycles. The molecular formula is C23H34F3NO. The highest BCUT2D eigenvalue weighted by Gasteiger charge is 2.47. The van der Waals surface area contributed by atoms with Gasteiger partial charge in [0.2, 0.25) is 5.92 Å². The molecule has 1 aromatic rings. The SMILES string of the molecule is C=C(/C=C(/C1CC(F)(F)C1)N(C)c1ccc(F)cc1)/C(=C/C)OC.CC.CC. The lowest BCUT2D eigenvalue weighted by Crippen LogP contribution is -2.40. The number of allylic oxidation sites excluding steroid dienone is 3. The molecule has 2 nitrogen and oxygen atoms in total. The fraction of sp³-hybridized carbons (Fsp3) is 0.478. The van der Waals surface area contributed by atoms with E-state index in [-0.39, 0.29) is 24.6 Å². The van der Waals surface area contributed by atoms with Crippen LogP contribution in [0.4, 0.5) is 18.9 Å². The number of nitrogens with zero attached hydrogens (tertiary/aromatic N) is 1. The van der Waals surface area contributed by atoms with E-state index >= 15 is 0 Å². The summed E-state index contributed by atoms with van der Waals surface area (Å²) in [6.07, 6.45) is 3.14. The molecule has 0 spiro atoms. The van der Waals surface area contributed by atoms with Crippen molar-refractivity contribution in [1.29, 1.82) is 0 Å². The average molecular weight is 398 g/mol. The van der Waals surface area contributed by atoms with Gasteiger partial charge in [-0.25, -0.2) is 13.2 Å². The summed E-state index contributed by atoms with van der Waals surface area (Å²) in [6, 6.07) is 5.94. The third kappa shape index (κ3) is 7.10. The lowest BCUT2D eigenvalue weighted by Gasteiger charge is -2.40. The molecule has 0 N–H and O–H groups in total. The highest BCUT2D eigenvalue weighted by Crippen LogP contribution is 2.47. The Labute approximate surface area is 168 Å². The second kappa shape index (κ2) is 12.3. The number of halogens is 3. The topological polar surface area (TPSA) is 12.5 Å². The minimum atomic E-state index is -2.63. The number of ether oxygens (including phenoxy) is 1. The Balaban J connectivity index is 0.00000171. The molecule has 2 rings (SSSR count). The third-order valence-corrected chi connectivity index (χ3v) is 4.23. The number of hydrogen-bond donors (Lipinski definition) is 0. The Kier molecular flexibility index (Phi) is 11.4. The van der Waals surface area contributed by atoms with Gasteiger partial charge < -0.3 is 9.64 Å². The minimum Gasteiger partial charge on any atom is -0.497 e. The Hall–Kier alpha value is -2.17. The number of hydrogen-bond acceptors (Lipinski definition) is 2. The van der Waals surface area contributed by atoms with Gasteiger partial charge >= 0.3 is 0 Å². The van der Waals surface area contributed by atoms with E-state index in [1.807, 2.05) is 34.6 Å². The van der Waals surface area contributed by atoms with E-state index in [0.29, 0.717) is 17.0 Å². The number of methoxy groups -OCH3 is 1. The first-order valence-electron chi connectivity index (χ1n) is 9.75. The van der Waals surface area contributed by atoms with Crippen molar-refractivity contribution in [3.63, 3.8) is 0 Å². The second-order valence-electron chi connectivity index (χ2n) is 5.95. The molecule has 0 radical (unpaired) electrons. The van der Waals surface area contributed by atoms with Gasteiger partial charge in [0, 0.05) is 42.8 Å². The van der Waals surface area contributed by atoms with Crippen LogP contribution in [-0.2, 0) is 4.74 Å². The van der Waals surface area contributed by atoms with E-state index in [4.69, 9.17) is 4.74 Å². The second-order valence-corrected chi connectivity index (χ2v) is 5.95. The summed E-state index contributed by atoms with van der Waals surface area (Å²) < 4.78 is 45.0. The predicted octanol–water partition coefficient (Wildman–Crippen LogP) is 7.35. The van der Waals surface area contributed by atoms with Gasteiger partial charge in [-0.3, -0.25) is 0 Å². The average Bonchev–Trinajstić information content (AvgIpc) is 2.68. The quantitative estimate of drug-likeness (QED) is 0.367. The van der Waals surface area contributed by atoms with Crippen molar-refractivity contribution in [3.8, 4) is 0 Å². The van der Waals surface area contributed by atoms with Crippen molar-refractivity contribution < 1.29 is 17.9 Å². The van der Waals surface area contributed by atoms with Gasteiger partial charge in [-0.1, -0.05) is 34.3 Å². The van der Waals surface area contributed by atoms with Crippen molar-refractivity contribution in [2.45, 2.75) is 53.4 Å². The zero-order chi connectivity index (χ0) is 21.9. The number of rotatable bonds is 6. The molecule has 0 aliphatic heterocycles. The van der Waals surface area contributed by atoms with Gasteiger partial charge in [-0.15, -0.1) is 0 Å². The fourth-order valence-corrected chi connectivity index (χ4v) is 2.86. The van der Waals surface area contributed by atoms with Crippen molar-refractivity contribution in [2.75, 3.05) is 19.1 Å². The number of alkyl halides is 2. The molecule has 1 fully saturated rings. The smallest absolute Gasteiger partial charge is 0.249 e. The predicted molar refractivity (Wildman–Crippen MR) is 113 cm³/mol. The zero-order valence-electron chi connectivity index (χ0n) is 18.2. The molecule has 0 atom stereocenters. The minimum absolute atomic E-state index is 0.199. The largest absolute Gasteiger partial charge is 0.497 e. The van der Waals surface area contributed by atoms with Crippen molar-refractivity contribution in [1.82, 2.24) is 0 Å². The van der Waals surface area contributed by atoms with Crippen LogP contribution in [0.1, 0.15) is 47.5 Å². The lowest BCUT2D eigenvalue weighted by atomic mass is 9.78. The van der Waals surface area contributed by atoms with Crippen LogP contribution in [0, 0.1) is 11.7 Å². The van der Waals surface area contributed by atoms with Gasteiger partial charge in [0.05, 0.1) is 7.11 Å². The van der Waals surface area contributed by atoms with Crippen LogP contribution in [0.2, 0.25) is 0 Å². The summed E-state index contributed by atoms with van der Waals surface area (Å²) in [4.78, 5) is 1.80. The normalized spacial score (nSPS) is 15.9. The van der Waals surface area contributed by atoms with Gasteiger partial charge in [0.25, 0.3) is 0 Å². The summed E-state index contributed by atoms with van der Waals surface area (Å²) in [7, 11) is 3.32. The Morgan fingerprint density at radius 1 is 1.14 bits per heavy atom. The molecule has 158 valence electrons. The first kappa shape index (κ1) is 25.8. The highest BCUT2D eigenvalue weighted by atomic mass is 19.3. The molecule has 1 aliphatic rings. The summed E-state index contributed by atoms with van der Waals surface area (Å²) in [5.74, 6) is -2.65. The van der Waals surface area contributed by atoms with Crippen LogP contribution >= 0.6 is 0 Å². The van der Waals surface area contributed by atoms with E-state index in [1.165, 1.54) is 19.2 Å². The molecule has 1 aromatic carbocycles. The van der Waals surface area contributed by atoms with Crippen LogP contribution in [-0.4, -0.2) is 20.1 Å². The van der Waals surface area contributed by atoms with Gasteiger partial charge in [0.1, 0.15) is 11.6 Å². The van der Waals surface area contributed by atoms with E-state index in [2.05, 4.69) is 6.58 Å². The van der Waals surface area contributed by atoms with Crippen LogP contribution < -0.4 is 4.90 Å². The summed E-state index contributed by atoms with van der Waals surface area (Å²) >= 11 is 0. The molecule has 28 heavy (non-hydrogen) atoms. The van der Waals surface area contributed by atoms with Crippen LogP contribution in [0.15, 0.2) is 60.0 Å². The maximum absolute atomic E-state index is 13.3. The summed E-state index contributed by atoms with van der Waals surface area (Å²) in [5, 5.41) is 0. The van der Waals surface area contributed by atoms with E-state index in [9.17, 15) is 13.2 Å². The van der Waals surface area contributed by atoms with Crippen molar-refractivity contribution in [2.24, 2.45) is 5.92 Å². The Bertz CT molecular complexity index is 655. The molecule has 0 bridgehead atoms. The first-order chi connectivity index (χ1) is 13.3. The van der Waals surface area contributed by atoms with E-state index in [1.54, 1.807) is 36.2 Å². The molecule has 0 saturated heterocycles. The van der Waals surface area contributed by atoms with Crippen LogP contribution in [0.3, 0.4) is 0 Å². The fourth-order valence-electron chi connectivity index (χ4n) is 2.86. The van der Waals surface area contributed by atoms with Gasteiger partial charge in [-0.2, -0.15) is 0 Å². The Morgan fingerprint density at radius 2 is 1.64 bits per heavy atom. The molecule has 5 heteroatoms. The molecular weight excluding hydrogens is 363 g/mol. The molecule has 0 heterocycles. The van der Waals surface area contributed by atoms with Crippen LogP contribution in [0.5, 0.6) is 0 Å². The van der Waals surface area contributed by atoms with E-state index < -0.39 is 5.92 Å². The third-order valence-electron chi connectivity index (χ3n) is 4.23. The maximum Gasteiger partial charge on any atom is 0.249 e. The standard InChI is InChI=1S/C19H22F3NO.2C2H6/c1-5-18(24-4)13(2)10-17(14-11-19(21,22)12-14)23(3)16-8-6-15(20)7-9-16;2*1-2/h5-10,14H,2,11-12H2,1,3-4H3;2*1-2H3/b17-10-,18-5-;;. The van der Waals surface area contributed by atoms with Gasteiger partial charge in [-0.05, 0) is 43.3 Å². The molecule has 1 aliphatic carbocycles. The lowest BCUT2D eigenvalue weighted by molar-refractivity contribution is -0.0997. The van der Waals surface area contributed by atoms with E-state index in [0.717, 1.165) is 5.69 Å². The number of benzene rings is 1. The van der Waals surface area contributed by atoms with Crippen molar-refractivity contribution in [3.05, 3.63) is 65.8 Å². The van der Waals surface area contributed by atoms with Gasteiger partial charge in [0.15, 0.2) is 0 Å².